The van der Waals surface area contributed by atoms with Crippen LogP contribution >= 0.6 is 0 Å². The summed E-state index contributed by atoms with van der Waals surface area (Å²) in [5.74, 6) is 0.0365. The molecule has 0 aromatic heterocycles. The number of nitrogens with one attached hydrogen (secondary N) is 1. The zero-order valence-corrected chi connectivity index (χ0v) is 13.8. The molecule has 21 heavy (non-hydrogen) atoms. The number of rotatable bonds is 3. The van der Waals surface area contributed by atoms with E-state index in [1.165, 1.54) is 24.8 Å². The van der Waals surface area contributed by atoms with Gasteiger partial charge in [0.1, 0.15) is 0 Å². The van der Waals surface area contributed by atoms with E-state index in [0.29, 0.717) is 6.04 Å². The highest BCUT2D eigenvalue weighted by Crippen LogP contribution is 2.22. The van der Waals surface area contributed by atoms with Gasteiger partial charge in [0.15, 0.2) is 0 Å². The summed E-state index contributed by atoms with van der Waals surface area (Å²) in [6.07, 6.45) is 3.72. The van der Waals surface area contributed by atoms with Crippen LogP contribution in [0.15, 0.2) is 24.3 Å². The summed E-state index contributed by atoms with van der Waals surface area (Å²) < 4.78 is 0. The topological polar surface area (TPSA) is 32.3 Å². The van der Waals surface area contributed by atoms with Crippen LogP contribution in [-0.4, -0.2) is 37.0 Å². The monoisotopic (exact) mass is 288 g/mol. The minimum atomic E-state index is 0.0365. The predicted molar refractivity (Wildman–Crippen MR) is 87.7 cm³/mol. The summed E-state index contributed by atoms with van der Waals surface area (Å²) in [6.45, 7) is 8.43. The zero-order chi connectivity index (χ0) is 15.5. The number of carbonyl (C=O) groups excluding carboxylic acids is 1. The lowest BCUT2D eigenvalue weighted by Crippen LogP contribution is -2.44. The number of piperidine rings is 1. The molecule has 1 aromatic carbocycles. The third kappa shape index (κ3) is 4.31. The van der Waals surface area contributed by atoms with Crippen molar-refractivity contribution in [3.8, 4) is 0 Å². The molecule has 3 nitrogen and oxygen atoms in total. The third-order valence-electron chi connectivity index (χ3n) is 4.43. The van der Waals surface area contributed by atoms with Crippen LogP contribution in [0.25, 0.3) is 0 Å². The average molecular weight is 288 g/mol. The molecule has 3 heteroatoms. The minimum absolute atomic E-state index is 0.0365. The standard InChI is InChI=1S/C18H28N2O/c1-18(2,3)15-10-8-14(9-11-15)17(21)19-13-16-7-5-6-12-20(16)4/h8-11,16H,5-7,12-13H2,1-4H3,(H,19,21). The van der Waals surface area contributed by atoms with Gasteiger partial charge in [-0.3, -0.25) is 4.79 Å². The van der Waals surface area contributed by atoms with E-state index >= 15 is 0 Å². The summed E-state index contributed by atoms with van der Waals surface area (Å²) in [5, 5.41) is 3.08. The number of carbonyl (C=O) groups is 1. The predicted octanol–water partition coefficient (Wildman–Crippen LogP) is 3.20. The average Bonchev–Trinajstić information content (AvgIpc) is 2.45. The fourth-order valence-corrected chi connectivity index (χ4v) is 2.84. The van der Waals surface area contributed by atoms with Gasteiger partial charge in [0.05, 0.1) is 0 Å². The van der Waals surface area contributed by atoms with Gasteiger partial charge in [0.2, 0.25) is 0 Å². The second-order valence-corrected chi connectivity index (χ2v) is 7.17. The van der Waals surface area contributed by atoms with Crippen molar-refractivity contribution in [2.45, 2.75) is 51.5 Å². The normalized spacial score (nSPS) is 20.3. The second-order valence-electron chi connectivity index (χ2n) is 7.17. The first kappa shape index (κ1) is 16.0. The van der Waals surface area contributed by atoms with Crippen molar-refractivity contribution < 1.29 is 4.79 Å². The Bertz CT molecular complexity index is 473. The Hall–Kier alpha value is -1.35. The molecule has 0 spiro atoms. The van der Waals surface area contributed by atoms with Crippen molar-refractivity contribution >= 4 is 5.91 Å². The highest BCUT2D eigenvalue weighted by molar-refractivity contribution is 5.94. The van der Waals surface area contributed by atoms with Gasteiger partial charge in [-0.1, -0.05) is 39.3 Å². The van der Waals surface area contributed by atoms with Gasteiger partial charge in [0, 0.05) is 18.2 Å². The maximum atomic E-state index is 12.2. The lowest BCUT2D eigenvalue weighted by atomic mass is 9.87. The van der Waals surface area contributed by atoms with Crippen LogP contribution in [-0.2, 0) is 5.41 Å². The van der Waals surface area contributed by atoms with Gasteiger partial charge < -0.3 is 10.2 Å². The summed E-state index contributed by atoms with van der Waals surface area (Å²) in [5.41, 5.74) is 2.13. The SMILES string of the molecule is CN1CCCCC1CNC(=O)c1ccc(C(C)(C)C)cc1. The molecular weight excluding hydrogens is 260 g/mol. The van der Waals surface area contributed by atoms with Crippen LogP contribution in [0.3, 0.4) is 0 Å². The molecule has 1 saturated heterocycles. The molecule has 0 saturated carbocycles. The maximum Gasteiger partial charge on any atom is 0.251 e. The van der Waals surface area contributed by atoms with E-state index in [1.54, 1.807) is 0 Å². The highest BCUT2D eigenvalue weighted by Gasteiger charge is 2.20. The van der Waals surface area contributed by atoms with E-state index in [4.69, 9.17) is 0 Å². The van der Waals surface area contributed by atoms with E-state index in [0.717, 1.165) is 18.7 Å². The molecular formula is C18H28N2O. The number of amides is 1. The van der Waals surface area contributed by atoms with Crippen molar-refractivity contribution in [2.24, 2.45) is 0 Å². The van der Waals surface area contributed by atoms with E-state index in [9.17, 15) is 4.79 Å². The molecule has 0 radical (unpaired) electrons. The first-order valence-electron chi connectivity index (χ1n) is 7.97. The summed E-state index contributed by atoms with van der Waals surface area (Å²) in [7, 11) is 2.15. The molecule has 1 heterocycles. The van der Waals surface area contributed by atoms with Gasteiger partial charge >= 0.3 is 0 Å². The van der Waals surface area contributed by atoms with Crippen molar-refractivity contribution in [2.75, 3.05) is 20.1 Å². The summed E-state index contributed by atoms with van der Waals surface area (Å²) in [4.78, 5) is 14.6. The Morgan fingerprint density at radius 1 is 1.24 bits per heavy atom. The Kier molecular flexibility index (Phi) is 5.04. The van der Waals surface area contributed by atoms with Gasteiger partial charge in [-0.15, -0.1) is 0 Å². The number of likely N-dealkylation sites (N-methyl/N-ethyl adjacent to an activating group) is 1. The molecule has 116 valence electrons. The minimum Gasteiger partial charge on any atom is -0.350 e. The molecule has 1 unspecified atom stereocenters. The number of hydrogen-bond donors (Lipinski definition) is 1. The molecule has 2 rings (SSSR count). The number of likely N-dealkylation sites (tertiary alicyclic amines) is 1. The maximum absolute atomic E-state index is 12.2. The second kappa shape index (κ2) is 6.61. The zero-order valence-electron chi connectivity index (χ0n) is 13.8. The van der Waals surface area contributed by atoms with Gasteiger partial charge in [0.25, 0.3) is 5.91 Å². The van der Waals surface area contributed by atoms with Crippen molar-refractivity contribution in [1.29, 1.82) is 0 Å². The number of hydrogen-bond acceptors (Lipinski definition) is 2. The van der Waals surface area contributed by atoms with E-state index in [2.05, 4.69) is 50.2 Å². The van der Waals surface area contributed by atoms with Crippen LogP contribution in [0, 0.1) is 0 Å². The first-order valence-corrected chi connectivity index (χ1v) is 7.97. The summed E-state index contributed by atoms with van der Waals surface area (Å²) >= 11 is 0. The Morgan fingerprint density at radius 3 is 2.48 bits per heavy atom. The quantitative estimate of drug-likeness (QED) is 0.926. The fraction of sp³-hybridized carbons (Fsp3) is 0.611. The Morgan fingerprint density at radius 2 is 1.90 bits per heavy atom. The molecule has 1 fully saturated rings. The molecule has 1 atom stereocenters. The Balaban J connectivity index is 1.91. The fourth-order valence-electron chi connectivity index (χ4n) is 2.84. The van der Waals surface area contributed by atoms with Gasteiger partial charge in [-0.2, -0.15) is 0 Å². The lowest BCUT2D eigenvalue weighted by molar-refractivity contribution is 0.0928. The van der Waals surface area contributed by atoms with Crippen LogP contribution in [0.5, 0.6) is 0 Å². The molecule has 1 aliphatic heterocycles. The van der Waals surface area contributed by atoms with Crippen LogP contribution in [0.1, 0.15) is 56.0 Å². The molecule has 0 aliphatic carbocycles. The van der Waals surface area contributed by atoms with Crippen molar-refractivity contribution in [1.82, 2.24) is 10.2 Å². The first-order chi connectivity index (χ1) is 9.88. The van der Waals surface area contributed by atoms with E-state index in [1.807, 2.05) is 12.1 Å². The molecule has 1 N–H and O–H groups in total. The lowest BCUT2D eigenvalue weighted by Gasteiger charge is -2.32. The largest absolute Gasteiger partial charge is 0.350 e. The van der Waals surface area contributed by atoms with E-state index in [-0.39, 0.29) is 11.3 Å². The van der Waals surface area contributed by atoms with E-state index < -0.39 is 0 Å². The van der Waals surface area contributed by atoms with Crippen molar-refractivity contribution in [3.05, 3.63) is 35.4 Å². The van der Waals surface area contributed by atoms with Crippen LogP contribution in [0.2, 0.25) is 0 Å². The molecule has 1 aliphatic rings. The van der Waals surface area contributed by atoms with Gasteiger partial charge in [-0.25, -0.2) is 0 Å². The Labute approximate surface area is 128 Å². The number of benzene rings is 1. The highest BCUT2D eigenvalue weighted by atomic mass is 16.1. The smallest absolute Gasteiger partial charge is 0.251 e. The van der Waals surface area contributed by atoms with Gasteiger partial charge in [-0.05, 0) is 49.5 Å². The molecule has 1 amide bonds. The molecule has 1 aromatic rings. The van der Waals surface area contributed by atoms with Crippen LogP contribution in [0.4, 0.5) is 0 Å². The third-order valence-corrected chi connectivity index (χ3v) is 4.43. The summed E-state index contributed by atoms with van der Waals surface area (Å²) in [6, 6.07) is 8.46. The molecule has 0 bridgehead atoms. The van der Waals surface area contributed by atoms with Crippen LogP contribution < -0.4 is 5.32 Å². The van der Waals surface area contributed by atoms with Crippen molar-refractivity contribution in [3.63, 3.8) is 0 Å². The number of nitrogens with zero attached hydrogens (tertiary/aromatic N) is 1.